The number of amides is 1. The van der Waals surface area contributed by atoms with Crippen molar-refractivity contribution >= 4 is 32.6 Å². The summed E-state index contributed by atoms with van der Waals surface area (Å²) in [6.45, 7) is 6.12. The van der Waals surface area contributed by atoms with Crippen LogP contribution in [0.4, 0.5) is 5.13 Å². The molecule has 3 aromatic rings. The van der Waals surface area contributed by atoms with Crippen LogP contribution in [0.15, 0.2) is 36.4 Å². The molecule has 136 valence electrons. The second-order valence-corrected chi connectivity index (χ2v) is 7.51. The van der Waals surface area contributed by atoms with Gasteiger partial charge in [0.25, 0.3) is 5.91 Å². The lowest BCUT2D eigenvalue weighted by atomic mass is 10.1. The van der Waals surface area contributed by atoms with Crippen molar-refractivity contribution in [1.82, 2.24) is 4.98 Å². The van der Waals surface area contributed by atoms with Gasteiger partial charge in [-0.15, -0.1) is 0 Å². The number of nitrogens with zero attached hydrogens (tertiary/aromatic N) is 1. The fourth-order valence-corrected chi connectivity index (χ4v) is 3.82. The Morgan fingerprint density at radius 2 is 1.96 bits per heavy atom. The molecule has 0 unspecified atom stereocenters. The van der Waals surface area contributed by atoms with Crippen molar-refractivity contribution in [3.05, 3.63) is 53.1 Å². The number of thiazole rings is 1. The highest BCUT2D eigenvalue weighted by Gasteiger charge is 2.11. The lowest BCUT2D eigenvalue weighted by Gasteiger charge is -2.11. The molecule has 0 aliphatic heterocycles. The first-order valence-electron chi connectivity index (χ1n) is 8.95. The summed E-state index contributed by atoms with van der Waals surface area (Å²) < 4.78 is 6.81. The molecule has 0 atom stereocenters. The third-order valence-electron chi connectivity index (χ3n) is 4.27. The highest BCUT2D eigenvalue weighted by molar-refractivity contribution is 7.22. The number of carbonyl (C=O) groups is 1. The molecule has 0 spiro atoms. The van der Waals surface area contributed by atoms with Crippen LogP contribution in [-0.4, -0.2) is 17.5 Å². The number of aromatic nitrogens is 1. The average Bonchev–Trinajstić information content (AvgIpc) is 3.00. The molecule has 1 aromatic heterocycles. The molecule has 4 nitrogen and oxygen atoms in total. The van der Waals surface area contributed by atoms with E-state index >= 15 is 0 Å². The first-order valence-corrected chi connectivity index (χ1v) is 9.77. The van der Waals surface area contributed by atoms with Crippen LogP contribution in [0.5, 0.6) is 5.75 Å². The van der Waals surface area contributed by atoms with Crippen LogP contribution in [0.3, 0.4) is 0 Å². The molecule has 5 heteroatoms. The smallest absolute Gasteiger partial charge is 0.264 e. The van der Waals surface area contributed by atoms with Crippen LogP contribution >= 0.6 is 11.3 Å². The Morgan fingerprint density at radius 1 is 1.19 bits per heavy atom. The molecular formula is C21H24N2O2S. The average molecular weight is 369 g/mol. The molecule has 0 aliphatic carbocycles. The van der Waals surface area contributed by atoms with E-state index in [9.17, 15) is 4.79 Å². The van der Waals surface area contributed by atoms with Gasteiger partial charge < -0.3 is 4.74 Å². The van der Waals surface area contributed by atoms with Crippen molar-refractivity contribution in [2.24, 2.45) is 0 Å². The number of hydrogen-bond donors (Lipinski definition) is 1. The minimum Gasteiger partial charge on any atom is -0.483 e. The van der Waals surface area contributed by atoms with Gasteiger partial charge in [0.1, 0.15) is 5.75 Å². The Morgan fingerprint density at radius 3 is 2.69 bits per heavy atom. The monoisotopic (exact) mass is 368 g/mol. The van der Waals surface area contributed by atoms with Crippen LogP contribution in [-0.2, 0) is 11.2 Å². The maximum absolute atomic E-state index is 12.2. The molecule has 0 bridgehead atoms. The molecule has 1 heterocycles. The normalized spacial score (nSPS) is 10.9. The quantitative estimate of drug-likeness (QED) is 0.618. The lowest BCUT2D eigenvalue weighted by molar-refractivity contribution is -0.118. The van der Waals surface area contributed by atoms with Crippen LogP contribution in [0.25, 0.3) is 10.2 Å². The van der Waals surface area contributed by atoms with Crippen molar-refractivity contribution in [3.63, 3.8) is 0 Å². The zero-order chi connectivity index (χ0) is 18.5. The summed E-state index contributed by atoms with van der Waals surface area (Å²) in [6.07, 6.45) is 3.45. The van der Waals surface area contributed by atoms with Crippen LogP contribution < -0.4 is 10.1 Å². The van der Waals surface area contributed by atoms with Crippen LogP contribution in [0, 0.1) is 13.8 Å². The van der Waals surface area contributed by atoms with Gasteiger partial charge in [0.05, 0.1) is 10.2 Å². The summed E-state index contributed by atoms with van der Waals surface area (Å²) in [5.74, 6) is 0.574. The lowest BCUT2D eigenvalue weighted by Crippen LogP contribution is -2.20. The maximum atomic E-state index is 12.2. The van der Waals surface area contributed by atoms with Crippen molar-refractivity contribution in [2.45, 2.75) is 40.0 Å². The van der Waals surface area contributed by atoms with Gasteiger partial charge in [-0.1, -0.05) is 48.9 Å². The second-order valence-electron chi connectivity index (χ2n) is 6.48. The molecule has 3 rings (SSSR count). The molecule has 1 amide bonds. The van der Waals surface area contributed by atoms with E-state index in [0.717, 1.165) is 33.5 Å². The Hall–Kier alpha value is -2.40. The molecule has 2 aromatic carbocycles. The highest BCUT2D eigenvalue weighted by Crippen LogP contribution is 2.27. The number of fused-ring (bicyclic) bond motifs is 1. The fraction of sp³-hybridized carbons (Fsp3) is 0.333. The van der Waals surface area contributed by atoms with Gasteiger partial charge in [-0.3, -0.25) is 10.1 Å². The summed E-state index contributed by atoms with van der Waals surface area (Å²) in [6, 6.07) is 12.2. The van der Waals surface area contributed by atoms with Gasteiger partial charge in [0.2, 0.25) is 0 Å². The molecule has 1 N–H and O–H groups in total. The Balaban J connectivity index is 1.63. The third kappa shape index (κ3) is 4.41. The van der Waals surface area contributed by atoms with Gasteiger partial charge in [-0.25, -0.2) is 4.98 Å². The number of nitrogens with one attached hydrogen (secondary N) is 1. The van der Waals surface area contributed by atoms with E-state index < -0.39 is 0 Å². The standard InChI is InChI=1S/C21H24N2O2S/c1-4-5-9-16-10-11-17-18(12-16)26-21(22-17)23-19(24)13-25-20-14(2)7-6-8-15(20)3/h6-8,10-12H,4-5,9,13H2,1-3H3,(H,22,23,24). The number of benzene rings is 2. The van der Waals surface area contributed by atoms with Gasteiger partial charge in [0, 0.05) is 0 Å². The van der Waals surface area contributed by atoms with E-state index in [1.807, 2.05) is 38.1 Å². The molecular weight excluding hydrogens is 344 g/mol. The summed E-state index contributed by atoms with van der Waals surface area (Å²) in [7, 11) is 0. The minimum absolute atomic E-state index is 0.0244. The number of ether oxygens (including phenoxy) is 1. The summed E-state index contributed by atoms with van der Waals surface area (Å²) in [5, 5.41) is 3.46. The SMILES string of the molecule is CCCCc1ccc2nc(NC(=O)COc3c(C)cccc3C)sc2c1. The largest absolute Gasteiger partial charge is 0.483 e. The van der Waals surface area contributed by atoms with Gasteiger partial charge in [0.15, 0.2) is 11.7 Å². The first kappa shape index (κ1) is 18.4. The fourth-order valence-electron chi connectivity index (χ4n) is 2.88. The minimum atomic E-state index is -0.196. The first-order chi connectivity index (χ1) is 12.6. The number of anilines is 1. The molecule has 0 saturated heterocycles. The van der Waals surface area contributed by atoms with Crippen LogP contribution in [0.2, 0.25) is 0 Å². The zero-order valence-corrected chi connectivity index (χ0v) is 16.3. The Bertz CT molecular complexity index is 897. The number of para-hydroxylation sites is 1. The molecule has 26 heavy (non-hydrogen) atoms. The van der Waals surface area contributed by atoms with E-state index in [1.54, 1.807) is 0 Å². The number of aryl methyl sites for hydroxylation is 3. The van der Waals surface area contributed by atoms with Crippen LogP contribution in [0.1, 0.15) is 36.5 Å². The summed E-state index contributed by atoms with van der Waals surface area (Å²) in [5.41, 5.74) is 4.29. The van der Waals surface area contributed by atoms with Gasteiger partial charge in [-0.2, -0.15) is 0 Å². The van der Waals surface area contributed by atoms with Crippen molar-refractivity contribution in [2.75, 3.05) is 11.9 Å². The van der Waals surface area contributed by atoms with Gasteiger partial charge in [-0.05, 0) is 55.5 Å². The van der Waals surface area contributed by atoms with E-state index in [0.29, 0.717) is 5.13 Å². The molecule has 0 saturated carbocycles. The van der Waals surface area contributed by atoms with E-state index in [2.05, 4.69) is 29.4 Å². The third-order valence-corrected chi connectivity index (χ3v) is 5.21. The predicted octanol–water partition coefficient (Wildman–Crippen LogP) is 5.27. The molecule has 0 fully saturated rings. The maximum Gasteiger partial charge on any atom is 0.264 e. The summed E-state index contributed by atoms with van der Waals surface area (Å²) >= 11 is 1.50. The highest BCUT2D eigenvalue weighted by atomic mass is 32.1. The van der Waals surface area contributed by atoms with Crippen molar-refractivity contribution in [1.29, 1.82) is 0 Å². The topological polar surface area (TPSA) is 51.2 Å². The van der Waals surface area contributed by atoms with E-state index in [-0.39, 0.29) is 12.5 Å². The molecule has 0 aliphatic rings. The summed E-state index contributed by atoms with van der Waals surface area (Å²) in [4.78, 5) is 16.7. The number of unbranched alkanes of at least 4 members (excludes halogenated alkanes) is 1. The van der Waals surface area contributed by atoms with E-state index in [1.165, 1.54) is 29.7 Å². The van der Waals surface area contributed by atoms with Crippen molar-refractivity contribution < 1.29 is 9.53 Å². The van der Waals surface area contributed by atoms with Crippen molar-refractivity contribution in [3.8, 4) is 5.75 Å². The second kappa shape index (κ2) is 8.32. The van der Waals surface area contributed by atoms with E-state index in [4.69, 9.17) is 4.74 Å². The van der Waals surface area contributed by atoms with Gasteiger partial charge >= 0.3 is 0 Å². The Labute approximate surface area is 158 Å². The number of carbonyl (C=O) groups excluding carboxylic acids is 1. The predicted molar refractivity (Wildman–Crippen MR) is 108 cm³/mol. The number of hydrogen-bond acceptors (Lipinski definition) is 4. The molecule has 0 radical (unpaired) electrons. The zero-order valence-electron chi connectivity index (χ0n) is 15.5. The number of rotatable bonds is 7. The Kier molecular flexibility index (Phi) is 5.89.